The number of nitrogens with one attached hydrogen (secondary N) is 1. The molecule has 4 nitrogen and oxygen atoms in total. The summed E-state index contributed by atoms with van der Waals surface area (Å²) >= 11 is 0. The molecule has 1 amide bonds. The Morgan fingerprint density at radius 1 is 1.50 bits per heavy atom. The van der Waals surface area contributed by atoms with Gasteiger partial charge in [0, 0.05) is 12.7 Å². The summed E-state index contributed by atoms with van der Waals surface area (Å²) in [5.74, 6) is -1.03. The monoisotopic (exact) mass is 252 g/mol. The fourth-order valence-corrected chi connectivity index (χ4v) is 2.10. The molecule has 1 aromatic rings. The van der Waals surface area contributed by atoms with Crippen molar-refractivity contribution in [2.75, 3.05) is 13.2 Å². The highest BCUT2D eigenvalue weighted by Crippen LogP contribution is 2.20. The topological polar surface area (TPSA) is 51.2 Å². The molecule has 0 saturated heterocycles. The van der Waals surface area contributed by atoms with Gasteiger partial charge in [0.1, 0.15) is 0 Å². The number of pyridine rings is 1. The third-order valence-corrected chi connectivity index (χ3v) is 3.06. The van der Waals surface area contributed by atoms with Crippen LogP contribution in [0.3, 0.4) is 0 Å². The number of amides is 1. The molecule has 0 aliphatic heterocycles. The van der Waals surface area contributed by atoms with Gasteiger partial charge in [-0.2, -0.15) is 0 Å². The average molecular weight is 252 g/mol. The van der Waals surface area contributed by atoms with E-state index in [0.29, 0.717) is 19.3 Å². The Kier molecular flexibility index (Phi) is 4.64. The van der Waals surface area contributed by atoms with Crippen molar-refractivity contribution in [2.45, 2.75) is 31.8 Å². The van der Waals surface area contributed by atoms with Crippen LogP contribution in [-0.4, -0.2) is 30.1 Å². The van der Waals surface area contributed by atoms with Gasteiger partial charge >= 0.3 is 0 Å². The lowest BCUT2D eigenvalue weighted by Gasteiger charge is -2.11. The van der Waals surface area contributed by atoms with E-state index < -0.39 is 11.7 Å². The van der Waals surface area contributed by atoms with E-state index in [1.54, 1.807) is 0 Å². The molecule has 1 saturated carbocycles. The van der Waals surface area contributed by atoms with E-state index in [2.05, 4.69) is 10.3 Å². The molecule has 1 aliphatic rings. The minimum atomic E-state index is -0.605. The molecule has 0 bridgehead atoms. The molecule has 2 rings (SSSR count). The van der Waals surface area contributed by atoms with E-state index in [-0.39, 0.29) is 5.56 Å². The summed E-state index contributed by atoms with van der Waals surface area (Å²) in [7, 11) is 0. The Bertz CT molecular complexity index is 406. The first-order chi connectivity index (χ1) is 8.77. The van der Waals surface area contributed by atoms with Crippen LogP contribution in [-0.2, 0) is 4.74 Å². The van der Waals surface area contributed by atoms with E-state index >= 15 is 0 Å². The maximum atomic E-state index is 13.2. The van der Waals surface area contributed by atoms with Gasteiger partial charge in [-0.15, -0.1) is 0 Å². The quantitative estimate of drug-likeness (QED) is 0.814. The fourth-order valence-electron chi connectivity index (χ4n) is 2.10. The molecule has 1 N–H and O–H groups in total. The Balaban J connectivity index is 1.70. The molecule has 1 aromatic heterocycles. The highest BCUT2D eigenvalue weighted by atomic mass is 19.1. The largest absolute Gasteiger partial charge is 0.376 e. The predicted molar refractivity (Wildman–Crippen MR) is 64.7 cm³/mol. The van der Waals surface area contributed by atoms with Gasteiger partial charge in [0.15, 0.2) is 5.82 Å². The fraction of sp³-hybridized carbons (Fsp3) is 0.538. The first-order valence-corrected chi connectivity index (χ1v) is 6.26. The lowest BCUT2D eigenvalue weighted by atomic mass is 10.2. The SMILES string of the molecule is O=C(NCCOC1CCCC1)c1ccncc1F. The molecular formula is C13H17FN2O2. The Labute approximate surface area is 106 Å². The van der Waals surface area contributed by atoms with Crippen molar-refractivity contribution in [1.82, 2.24) is 10.3 Å². The van der Waals surface area contributed by atoms with Crippen molar-refractivity contribution in [1.29, 1.82) is 0 Å². The highest BCUT2D eigenvalue weighted by molar-refractivity contribution is 5.94. The number of rotatable bonds is 5. The van der Waals surface area contributed by atoms with Gasteiger partial charge in [0.2, 0.25) is 0 Å². The summed E-state index contributed by atoms with van der Waals surface area (Å²) in [6, 6.07) is 1.36. The molecule has 1 heterocycles. The number of ether oxygens (including phenoxy) is 1. The zero-order valence-electron chi connectivity index (χ0n) is 10.2. The van der Waals surface area contributed by atoms with Crippen LogP contribution in [0.1, 0.15) is 36.0 Å². The van der Waals surface area contributed by atoms with Gasteiger partial charge in [-0.25, -0.2) is 4.39 Å². The molecule has 0 radical (unpaired) electrons. The van der Waals surface area contributed by atoms with Gasteiger partial charge in [0.05, 0.1) is 24.5 Å². The molecule has 0 atom stereocenters. The van der Waals surface area contributed by atoms with E-state index in [0.717, 1.165) is 19.0 Å². The average Bonchev–Trinajstić information content (AvgIpc) is 2.88. The summed E-state index contributed by atoms with van der Waals surface area (Å²) in [6.45, 7) is 0.875. The van der Waals surface area contributed by atoms with Gasteiger partial charge in [-0.1, -0.05) is 12.8 Å². The summed E-state index contributed by atoms with van der Waals surface area (Å²) in [5, 5.41) is 2.63. The molecule has 0 unspecified atom stereocenters. The highest BCUT2D eigenvalue weighted by Gasteiger charge is 2.15. The number of hydrogen-bond donors (Lipinski definition) is 1. The van der Waals surface area contributed by atoms with Gasteiger partial charge in [-0.3, -0.25) is 9.78 Å². The molecule has 98 valence electrons. The third kappa shape index (κ3) is 3.50. The van der Waals surface area contributed by atoms with Crippen LogP contribution < -0.4 is 5.32 Å². The van der Waals surface area contributed by atoms with Crippen LogP contribution >= 0.6 is 0 Å². The maximum absolute atomic E-state index is 13.2. The molecule has 5 heteroatoms. The molecule has 0 aromatic carbocycles. The normalized spacial score (nSPS) is 15.8. The summed E-state index contributed by atoms with van der Waals surface area (Å²) < 4.78 is 18.8. The van der Waals surface area contributed by atoms with Crippen LogP contribution in [0.2, 0.25) is 0 Å². The van der Waals surface area contributed by atoms with Gasteiger partial charge in [-0.05, 0) is 18.9 Å². The van der Waals surface area contributed by atoms with Crippen LogP contribution in [0.15, 0.2) is 18.5 Å². The number of nitrogens with zero attached hydrogens (tertiary/aromatic N) is 1. The minimum absolute atomic E-state index is 0.0193. The Hall–Kier alpha value is -1.49. The first kappa shape index (κ1) is 13.0. The number of carbonyl (C=O) groups excluding carboxylic acids is 1. The summed E-state index contributed by atoms with van der Waals surface area (Å²) in [6.07, 6.45) is 7.41. The maximum Gasteiger partial charge on any atom is 0.254 e. The van der Waals surface area contributed by atoms with Crippen molar-refractivity contribution in [3.05, 3.63) is 29.8 Å². The number of aromatic nitrogens is 1. The third-order valence-electron chi connectivity index (χ3n) is 3.06. The summed E-state index contributed by atoms with van der Waals surface area (Å²) in [5.41, 5.74) is 0.0193. The minimum Gasteiger partial charge on any atom is -0.376 e. The Morgan fingerprint density at radius 3 is 3.00 bits per heavy atom. The summed E-state index contributed by atoms with van der Waals surface area (Å²) in [4.78, 5) is 15.2. The van der Waals surface area contributed by atoms with E-state index in [9.17, 15) is 9.18 Å². The molecule has 18 heavy (non-hydrogen) atoms. The second-order valence-corrected chi connectivity index (χ2v) is 4.39. The lowest BCUT2D eigenvalue weighted by Crippen LogP contribution is -2.29. The second kappa shape index (κ2) is 6.44. The molecular weight excluding hydrogens is 235 g/mol. The van der Waals surface area contributed by atoms with E-state index in [1.165, 1.54) is 25.1 Å². The number of hydrogen-bond acceptors (Lipinski definition) is 3. The van der Waals surface area contributed by atoms with Crippen molar-refractivity contribution in [3.8, 4) is 0 Å². The van der Waals surface area contributed by atoms with Crippen LogP contribution in [0, 0.1) is 5.82 Å². The zero-order valence-corrected chi connectivity index (χ0v) is 10.2. The van der Waals surface area contributed by atoms with Crippen LogP contribution in [0.5, 0.6) is 0 Å². The lowest BCUT2D eigenvalue weighted by molar-refractivity contribution is 0.0581. The predicted octanol–water partition coefficient (Wildman–Crippen LogP) is 1.91. The van der Waals surface area contributed by atoms with Gasteiger partial charge < -0.3 is 10.1 Å². The zero-order chi connectivity index (χ0) is 12.8. The van der Waals surface area contributed by atoms with E-state index in [1.807, 2.05) is 0 Å². The molecule has 1 aliphatic carbocycles. The van der Waals surface area contributed by atoms with Crippen LogP contribution in [0.25, 0.3) is 0 Å². The molecule has 1 fully saturated rings. The van der Waals surface area contributed by atoms with Gasteiger partial charge in [0.25, 0.3) is 5.91 Å². The van der Waals surface area contributed by atoms with Crippen molar-refractivity contribution in [2.24, 2.45) is 0 Å². The van der Waals surface area contributed by atoms with Crippen molar-refractivity contribution in [3.63, 3.8) is 0 Å². The Morgan fingerprint density at radius 2 is 2.28 bits per heavy atom. The smallest absolute Gasteiger partial charge is 0.254 e. The first-order valence-electron chi connectivity index (χ1n) is 6.26. The van der Waals surface area contributed by atoms with E-state index in [4.69, 9.17) is 4.74 Å². The van der Waals surface area contributed by atoms with Crippen LogP contribution in [0.4, 0.5) is 4.39 Å². The second-order valence-electron chi connectivity index (χ2n) is 4.39. The van der Waals surface area contributed by atoms with Crippen molar-refractivity contribution >= 4 is 5.91 Å². The molecule has 0 spiro atoms. The van der Waals surface area contributed by atoms with Crippen molar-refractivity contribution < 1.29 is 13.9 Å². The number of halogens is 1. The number of carbonyl (C=O) groups is 1. The standard InChI is InChI=1S/C13H17FN2O2/c14-12-9-15-6-5-11(12)13(17)16-7-8-18-10-3-1-2-4-10/h5-6,9-10H,1-4,7-8H2,(H,16,17).